The molecule has 19 heavy (non-hydrogen) atoms. The van der Waals surface area contributed by atoms with Crippen LogP contribution in [0.25, 0.3) is 0 Å². The van der Waals surface area contributed by atoms with E-state index >= 15 is 0 Å². The Morgan fingerprint density at radius 2 is 1.84 bits per heavy atom. The number of likely N-dealkylation sites (N-methyl/N-ethyl adjacent to an activating group) is 1. The van der Waals surface area contributed by atoms with E-state index < -0.39 is 0 Å². The quantitative estimate of drug-likeness (QED) is 0.908. The summed E-state index contributed by atoms with van der Waals surface area (Å²) in [5, 5.41) is 0. The van der Waals surface area contributed by atoms with E-state index in [-0.39, 0.29) is 11.6 Å². The Bertz CT molecular complexity index is 411. The summed E-state index contributed by atoms with van der Waals surface area (Å²) in [6, 6.07) is 8.94. The lowest BCUT2D eigenvalue weighted by atomic mass is 9.98. The van der Waals surface area contributed by atoms with Gasteiger partial charge in [-0.05, 0) is 45.0 Å². The number of benzene rings is 1. The third kappa shape index (κ3) is 3.10. The summed E-state index contributed by atoms with van der Waals surface area (Å²) in [4.78, 5) is 4.91. The minimum Gasteiger partial charge on any atom is -0.368 e. The Labute approximate surface area is 117 Å². The number of anilines is 1. The average Bonchev–Trinajstić information content (AvgIpc) is 2.41. The highest BCUT2D eigenvalue weighted by molar-refractivity contribution is 5.49. The number of hydrogen-bond acceptors (Lipinski definition) is 3. The first-order valence-electron chi connectivity index (χ1n) is 7.26. The van der Waals surface area contributed by atoms with Gasteiger partial charge < -0.3 is 10.6 Å². The van der Waals surface area contributed by atoms with Crippen LogP contribution in [0.1, 0.15) is 38.8 Å². The summed E-state index contributed by atoms with van der Waals surface area (Å²) in [6.45, 7) is 10.0. The highest BCUT2D eigenvalue weighted by atomic mass is 15.3. The topological polar surface area (TPSA) is 32.5 Å². The van der Waals surface area contributed by atoms with Gasteiger partial charge in [-0.25, -0.2) is 0 Å². The molecule has 3 nitrogen and oxygen atoms in total. The monoisotopic (exact) mass is 261 g/mol. The van der Waals surface area contributed by atoms with E-state index in [1.54, 1.807) is 0 Å². The van der Waals surface area contributed by atoms with Crippen LogP contribution in [-0.2, 0) is 0 Å². The first kappa shape index (κ1) is 14.4. The molecule has 1 aliphatic heterocycles. The van der Waals surface area contributed by atoms with E-state index in [9.17, 15) is 0 Å². The fourth-order valence-electron chi connectivity index (χ4n) is 2.63. The maximum Gasteiger partial charge on any atom is 0.0367 e. The van der Waals surface area contributed by atoms with Gasteiger partial charge in [0.05, 0.1) is 0 Å². The maximum atomic E-state index is 6.06. The summed E-state index contributed by atoms with van der Waals surface area (Å²) in [7, 11) is 2.21. The van der Waals surface area contributed by atoms with Crippen molar-refractivity contribution < 1.29 is 0 Å². The Morgan fingerprint density at radius 1 is 1.21 bits per heavy atom. The van der Waals surface area contributed by atoms with E-state index in [0.29, 0.717) is 0 Å². The van der Waals surface area contributed by atoms with Crippen molar-refractivity contribution in [2.24, 2.45) is 5.73 Å². The highest BCUT2D eigenvalue weighted by Gasteiger charge is 2.30. The third-order valence-electron chi connectivity index (χ3n) is 4.44. The molecule has 2 N–H and O–H groups in total. The van der Waals surface area contributed by atoms with Crippen LogP contribution in [0.2, 0.25) is 0 Å². The zero-order valence-corrected chi connectivity index (χ0v) is 12.7. The second kappa shape index (κ2) is 5.51. The summed E-state index contributed by atoms with van der Waals surface area (Å²) in [5.41, 5.74) is 8.85. The second-order valence-electron chi connectivity index (χ2n) is 6.26. The minimum atomic E-state index is 0.165. The van der Waals surface area contributed by atoms with Crippen molar-refractivity contribution in [1.29, 1.82) is 0 Å². The largest absolute Gasteiger partial charge is 0.368 e. The first-order valence-corrected chi connectivity index (χ1v) is 7.26. The molecule has 0 spiro atoms. The van der Waals surface area contributed by atoms with Crippen LogP contribution in [0.4, 0.5) is 5.69 Å². The van der Waals surface area contributed by atoms with Gasteiger partial charge in [0.15, 0.2) is 0 Å². The molecule has 1 saturated heterocycles. The minimum absolute atomic E-state index is 0.165. The molecule has 0 aliphatic carbocycles. The van der Waals surface area contributed by atoms with Crippen LogP contribution in [-0.4, -0.2) is 37.1 Å². The lowest BCUT2D eigenvalue weighted by molar-refractivity contribution is 0.139. The van der Waals surface area contributed by atoms with Gasteiger partial charge >= 0.3 is 0 Å². The zero-order chi connectivity index (χ0) is 14.0. The molecule has 1 unspecified atom stereocenters. The van der Waals surface area contributed by atoms with Gasteiger partial charge in [-0.15, -0.1) is 0 Å². The predicted octanol–water partition coefficient (Wildman–Crippen LogP) is 2.63. The molecular weight excluding hydrogens is 234 g/mol. The molecule has 0 radical (unpaired) electrons. The molecule has 0 bridgehead atoms. The van der Waals surface area contributed by atoms with E-state index in [1.807, 2.05) is 0 Å². The lowest BCUT2D eigenvalue weighted by Crippen LogP contribution is -2.57. The van der Waals surface area contributed by atoms with E-state index in [4.69, 9.17) is 5.73 Å². The number of nitrogens with zero attached hydrogens (tertiary/aromatic N) is 2. The average molecular weight is 261 g/mol. The Balaban J connectivity index is 2.10. The third-order valence-corrected chi connectivity index (χ3v) is 4.44. The standard InChI is InChI=1S/C16H27N3/c1-5-15(17)13-6-8-14(9-7-13)19-11-10-18(4)16(2,3)12-19/h6-9,15H,5,10-12,17H2,1-4H3. The fraction of sp³-hybridized carbons (Fsp3) is 0.625. The fourth-order valence-corrected chi connectivity index (χ4v) is 2.63. The molecule has 1 aromatic carbocycles. The predicted molar refractivity (Wildman–Crippen MR) is 82.6 cm³/mol. The van der Waals surface area contributed by atoms with Gasteiger partial charge in [-0.1, -0.05) is 19.1 Å². The second-order valence-corrected chi connectivity index (χ2v) is 6.26. The molecule has 0 saturated carbocycles. The van der Waals surface area contributed by atoms with Crippen LogP contribution in [0.3, 0.4) is 0 Å². The molecule has 1 aromatic rings. The summed E-state index contributed by atoms with van der Waals surface area (Å²) in [6.07, 6.45) is 0.987. The van der Waals surface area contributed by atoms with Gasteiger partial charge in [0.25, 0.3) is 0 Å². The highest BCUT2D eigenvalue weighted by Crippen LogP contribution is 2.25. The Morgan fingerprint density at radius 3 is 2.37 bits per heavy atom. The van der Waals surface area contributed by atoms with Crippen molar-refractivity contribution in [1.82, 2.24) is 4.90 Å². The molecule has 0 aromatic heterocycles. The van der Waals surface area contributed by atoms with Crippen LogP contribution < -0.4 is 10.6 Å². The first-order chi connectivity index (χ1) is 8.94. The molecule has 3 heteroatoms. The summed E-state index contributed by atoms with van der Waals surface area (Å²) in [5.74, 6) is 0. The Hall–Kier alpha value is -1.06. The molecule has 1 aliphatic rings. The van der Waals surface area contributed by atoms with Gasteiger partial charge in [0, 0.05) is 36.9 Å². The number of rotatable bonds is 3. The van der Waals surface area contributed by atoms with Gasteiger partial charge in [-0.2, -0.15) is 0 Å². The van der Waals surface area contributed by atoms with Crippen molar-refractivity contribution >= 4 is 5.69 Å². The zero-order valence-electron chi connectivity index (χ0n) is 12.7. The summed E-state index contributed by atoms with van der Waals surface area (Å²) >= 11 is 0. The van der Waals surface area contributed by atoms with Crippen molar-refractivity contribution in [2.45, 2.75) is 38.8 Å². The molecule has 1 heterocycles. The van der Waals surface area contributed by atoms with Crippen LogP contribution in [0.5, 0.6) is 0 Å². The molecule has 0 amide bonds. The summed E-state index contributed by atoms with van der Waals surface area (Å²) < 4.78 is 0. The Kier molecular flexibility index (Phi) is 4.16. The normalized spacial score (nSPS) is 21.4. The molecule has 1 atom stereocenters. The van der Waals surface area contributed by atoms with Crippen molar-refractivity contribution in [3.63, 3.8) is 0 Å². The van der Waals surface area contributed by atoms with Crippen LogP contribution >= 0.6 is 0 Å². The van der Waals surface area contributed by atoms with E-state index in [0.717, 1.165) is 26.1 Å². The SMILES string of the molecule is CCC(N)c1ccc(N2CCN(C)C(C)(C)C2)cc1. The molecular formula is C16H27N3. The van der Waals surface area contributed by atoms with Crippen molar-refractivity contribution in [2.75, 3.05) is 31.6 Å². The van der Waals surface area contributed by atoms with E-state index in [1.165, 1.54) is 11.3 Å². The van der Waals surface area contributed by atoms with Crippen molar-refractivity contribution in [3.05, 3.63) is 29.8 Å². The van der Waals surface area contributed by atoms with Crippen molar-refractivity contribution in [3.8, 4) is 0 Å². The molecule has 2 rings (SSSR count). The smallest absolute Gasteiger partial charge is 0.0367 e. The van der Waals surface area contributed by atoms with Crippen LogP contribution in [0, 0.1) is 0 Å². The lowest BCUT2D eigenvalue weighted by Gasteiger charge is -2.46. The van der Waals surface area contributed by atoms with Gasteiger partial charge in [0.1, 0.15) is 0 Å². The molecule has 1 fully saturated rings. The van der Waals surface area contributed by atoms with Crippen LogP contribution in [0.15, 0.2) is 24.3 Å². The number of nitrogens with two attached hydrogens (primary N) is 1. The maximum absolute atomic E-state index is 6.06. The van der Waals surface area contributed by atoms with E-state index in [2.05, 4.69) is 61.9 Å². The van der Waals surface area contributed by atoms with Gasteiger partial charge in [0.2, 0.25) is 0 Å². The number of piperazine rings is 1. The van der Waals surface area contributed by atoms with Gasteiger partial charge in [-0.3, -0.25) is 4.90 Å². The molecule has 106 valence electrons. The number of hydrogen-bond donors (Lipinski definition) is 1.